The lowest BCUT2D eigenvalue weighted by molar-refractivity contribution is -0.135. The van der Waals surface area contributed by atoms with Crippen molar-refractivity contribution in [3.05, 3.63) is 64.5 Å². The Morgan fingerprint density at radius 1 is 1.19 bits per heavy atom. The predicted octanol–water partition coefficient (Wildman–Crippen LogP) is 0.787. The second-order valence-electron chi connectivity index (χ2n) is 6.01. The number of carbonyl (C=O) groups excluding carboxylic acids is 2. The van der Waals surface area contributed by atoms with E-state index in [1.54, 1.807) is 22.5 Å². The molecule has 0 unspecified atom stereocenters. The van der Waals surface area contributed by atoms with E-state index in [2.05, 4.69) is 14.7 Å². The molecule has 136 valence electrons. The molecule has 4 rings (SSSR count). The Morgan fingerprint density at radius 2 is 1.93 bits per heavy atom. The number of nitrogens with zero attached hydrogens (tertiary/aromatic N) is 5. The lowest BCUT2D eigenvalue weighted by Gasteiger charge is -2.06. The highest BCUT2D eigenvalue weighted by Crippen LogP contribution is 2.14. The third kappa shape index (κ3) is 2.60. The van der Waals surface area contributed by atoms with Crippen LogP contribution in [0, 0.1) is 0 Å². The van der Waals surface area contributed by atoms with Gasteiger partial charge in [-0.15, -0.1) is 0 Å². The average molecular weight is 365 g/mol. The number of rotatable bonds is 4. The second kappa shape index (κ2) is 6.20. The fourth-order valence-corrected chi connectivity index (χ4v) is 3.01. The quantitative estimate of drug-likeness (QED) is 0.301. The minimum absolute atomic E-state index is 0.156. The van der Waals surface area contributed by atoms with Crippen molar-refractivity contribution >= 4 is 28.7 Å². The van der Waals surface area contributed by atoms with Crippen LogP contribution in [0.4, 0.5) is 0 Å². The molecule has 0 N–H and O–H groups in total. The highest BCUT2D eigenvalue weighted by atomic mass is 16.5. The molecule has 9 heteroatoms. The Morgan fingerprint density at radius 3 is 2.63 bits per heavy atom. The van der Waals surface area contributed by atoms with Crippen LogP contribution in [0.15, 0.2) is 47.7 Å². The molecule has 0 amide bonds. The van der Waals surface area contributed by atoms with Crippen molar-refractivity contribution in [3.8, 4) is 0 Å². The topological polar surface area (TPSA) is 100 Å². The molecule has 0 atom stereocenters. The lowest BCUT2D eigenvalue weighted by Crippen LogP contribution is -2.19. The van der Waals surface area contributed by atoms with Crippen molar-refractivity contribution in [2.24, 2.45) is 7.05 Å². The van der Waals surface area contributed by atoms with E-state index in [0.29, 0.717) is 17.7 Å². The van der Waals surface area contributed by atoms with Gasteiger partial charge in [-0.05, 0) is 5.56 Å². The van der Waals surface area contributed by atoms with Gasteiger partial charge in [-0.2, -0.15) is 0 Å². The third-order valence-electron chi connectivity index (χ3n) is 4.34. The minimum atomic E-state index is -1.04. The number of methoxy groups -OCH3 is 1. The summed E-state index contributed by atoms with van der Waals surface area (Å²) in [6, 6.07) is 9.68. The lowest BCUT2D eigenvalue weighted by atomic mass is 10.2. The van der Waals surface area contributed by atoms with Gasteiger partial charge in [0.05, 0.1) is 13.4 Å². The van der Waals surface area contributed by atoms with Gasteiger partial charge < -0.3 is 9.30 Å². The van der Waals surface area contributed by atoms with Crippen LogP contribution in [0.3, 0.4) is 0 Å². The van der Waals surface area contributed by atoms with E-state index in [1.165, 1.54) is 10.6 Å². The van der Waals surface area contributed by atoms with Gasteiger partial charge in [-0.25, -0.2) is 19.2 Å². The summed E-state index contributed by atoms with van der Waals surface area (Å²) in [6.45, 7) is 0.473. The number of ketones is 1. The van der Waals surface area contributed by atoms with Crippen LogP contribution in [0.1, 0.15) is 16.1 Å². The molecule has 0 saturated carbocycles. The fourth-order valence-electron chi connectivity index (χ4n) is 3.01. The van der Waals surface area contributed by atoms with Gasteiger partial charge in [0.25, 0.3) is 11.3 Å². The number of hydrogen-bond donors (Lipinski definition) is 0. The summed E-state index contributed by atoms with van der Waals surface area (Å²) in [5.41, 5.74) is 1.31. The number of ether oxygens (including phenoxy) is 1. The zero-order valence-corrected chi connectivity index (χ0v) is 14.6. The standard InChI is InChI=1S/C18H15N5O4/c1-21-15-13(22(10-19-15)8-11-6-4-3-5-7-11)16(25)23-9-12(20-18(21)23)14(24)17(26)27-2/h3-7,9-10H,8H2,1-2H3. The maximum atomic E-state index is 13.0. The average Bonchev–Trinajstić information content (AvgIpc) is 3.31. The first-order valence-corrected chi connectivity index (χ1v) is 8.10. The van der Waals surface area contributed by atoms with Crippen LogP contribution in [-0.4, -0.2) is 42.4 Å². The van der Waals surface area contributed by atoms with Crippen LogP contribution in [-0.2, 0) is 23.1 Å². The molecule has 1 aromatic carbocycles. The molecule has 0 bridgehead atoms. The number of hydrogen-bond acceptors (Lipinski definition) is 6. The van der Waals surface area contributed by atoms with E-state index in [9.17, 15) is 14.4 Å². The molecule has 0 aliphatic heterocycles. The predicted molar refractivity (Wildman–Crippen MR) is 95.6 cm³/mol. The molecular weight excluding hydrogens is 350 g/mol. The van der Waals surface area contributed by atoms with Crippen LogP contribution in [0.5, 0.6) is 0 Å². The molecule has 0 fully saturated rings. The highest BCUT2D eigenvalue weighted by Gasteiger charge is 2.23. The first-order valence-electron chi connectivity index (χ1n) is 8.10. The van der Waals surface area contributed by atoms with Gasteiger partial charge in [-0.1, -0.05) is 30.3 Å². The zero-order valence-electron chi connectivity index (χ0n) is 14.6. The fraction of sp³-hybridized carbons (Fsp3) is 0.167. The van der Waals surface area contributed by atoms with E-state index < -0.39 is 11.8 Å². The Hall–Kier alpha value is -3.75. The Labute approximate surface area is 152 Å². The maximum Gasteiger partial charge on any atom is 0.381 e. The number of esters is 1. The number of Topliss-reactive ketones (excluding diaryl/α,β-unsaturated/α-hetero) is 1. The van der Waals surface area contributed by atoms with E-state index in [0.717, 1.165) is 12.7 Å². The monoisotopic (exact) mass is 365 g/mol. The Balaban J connectivity index is 1.91. The molecule has 0 saturated heterocycles. The van der Waals surface area contributed by atoms with Crippen molar-refractivity contribution in [2.45, 2.75) is 6.54 Å². The van der Waals surface area contributed by atoms with E-state index >= 15 is 0 Å². The SMILES string of the molecule is COC(=O)C(=O)c1cn2c(=O)c3c(ncn3Cc3ccccc3)n(C)c2n1. The highest BCUT2D eigenvalue weighted by molar-refractivity contribution is 6.40. The van der Waals surface area contributed by atoms with Crippen LogP contribution >= 0.6 is 0 Å². The Kier molecular flexibility index (Phi) is 3.84. The summed E-state index contributed by atoms with van der Waals surface area (Å²) in [5, 5.41) is 0. The second-order valence-corrected chi connectivity index (χ2v) is 6.01. The largest absolute Gasteiger partial charge is 0.463 e. The summed E-state index contributed by atoms with van der Waals surface area (Å²) in [4.78, 5) is 45.0. The molecule has 0 aliphatic carbocycles. The third-order valence-corrected chi connectivity index (χ3v) is 4.34. The first-order chi connectivity index (χ1) is 13.0. The minimum Gasteiger partial charge on any atom is -0.463 e. The molecule has 4 aromatic rings. The first kappa shape index (κ1) is 16.7. The summed E-state index contributed by atoms with van der Waals surface area (Å²) in [6.07, 6.45) is 2.84. The van der Waals surface area contributed by atoms with Gasteiger partial charge >= 0.3 is 5.97 Å². The summed E-state index contributed by atoms with van der Waals surface area (Å²) in [7, 11) is 2.80. The molecule has 0 radical (unpaired) electrons. The molecule has 0 spiro atoms. The normalized spacial score (nSPS) is 11.2. The van der Waals surface area contributed by atoms with Crippen LogP contribution in [0.25, 0.3) is 16.9 Å². The maximum absolute atomic E-state index is 13.0. The van der Waals surface area contributed by atoms with Crippen molar-refractivity contribution < 1.29 is 14.3 Å². The van der Waals surface area contributed by atoms with Gasteiger partial charge in [0.2, 0.25) is 5.78 Å². The van der Waals surface area contributed by atoms with Gasteiger partial charge in [0.15, 0.2) is 11.2 Å². The summed E-state index contributed by atoms with van der Waals surface area (Å²) >= 11 is 0. The summed E-state index contributed by atoms with van der Waals surface area (Å²) in [5.74, 6) is -1.74. The number of carbonyl (C=O) groups is 2. The molecule has 9 nitrogen and oxygen atoms in total. The number of imidazole rings is 2. The van der Waals surface area contributed by atoms with E-state index in [1.807, 2.05) is 30.3 Å². The van der Waals surface area contributed by atoms with Crippen LogP contribution in [0.2, 0.25) is 0 Å². The van der Waals surface area contributed by atoms with Gasteiger partial charge in [0.1, 0.15) is 5.69 Å². The van der Waals surface area contributed by atoms with Gasteiger partial charge in [0, 0.05) is 19.8 Å². The van der Waals surface area contributed by atoms with Crippen molar-refractivity contribution in [1.82, 2.24) is 23.5 Å². The number of aryl methyl sites for hydroxylation is 1. The summed E-state index contributed by atoms with van der Waals surface area (Å²) < 4.78 is 9.02. The van der Waals surface area contributed by atoms with E-state index in [-0.39, 0.29) is 17.0 Å². The number of fused-ring (bicyclic) bond motifs is 2. The Bertz CT molecular complexity index is 1250. The van der Waals surface area contributed by atoms with Crippen molar-refractivity contribution in [3.63, 3.8) is 0 Å². The molecule has 3 aromatic heterocycles. The van der Waals surface area contributed by atoms with E-state index in [4.69, 9.17) is 0 Å². The van der Waals surface area contributed by atoms with Crippen LogP contribution < -0.4 is 5.56 Å². The molecule has 3 heterocycles. The van der Waals surface area contributed by atoms with Crippen molar-refractivity contribution in [2.75, 3.05) is 7.11 Å². The zero-order chi connectivity index (χ0) is 19.1. The number of benzene rings is 1. The smallest absolute Gasteiger partial charge is 0.381 e. The van der Waals surface area contributed by atoms with Gasteiger partial charge in [-0.3, -0.25) is 14.2 Å². The van der Waals surface area contributed by atoms with Crippen molar-refractivity contribution in [1.29, 1.82) is 0 Å². The molecule has 0 aliphatic rings. The molecular formula is C18H15N5O4. The molecule has 27 heavy (non-hydrogen) atoms. The number of aromatic nitrogens is 5.